The Morgan fingerprint density at radius 3 is 1.66 bits per heavy atom. The second kappa shape index (κ2) is 17.2. The third-order valence-corrected chi connectivity index (χ3v) is 3.31. The largest absolute Gasteiger partial charge is 0.466 e. The molecule has 0 aromatic carbocycles. The summed E-state index contributed by atoms with van der Waals surface area (Å²) in [4.78, 5) is 49.7. The highest BCUT2D eigenvalue weighted by Gasteiger charge is 2.74. The third-order valence-electron chi connectivity index (χ3n) is 3.31. The predicted molar refractivity (Wildman–Crippen MR) is 98.3 cm³/mol. The van der Waals surface area contributed by atoms with Crippen molar-refractivity contribution in [2.24, 2.45) is 11.8 Å². The maximum Gasteiger partial charge on any atom is 0.459 e. The number of ether oxygens (including phenoxy) is 1. The molecule has 0 rings (SSSR count). The van der Waals surface area contributed by atoms with E-state index in [0.717, 1.165) is 12.6 Å². The van der Waals surface area contributed by atoms with Crippen LogP contribution in [-0.4, -0.2) is 55.7 Å². The fourth-order valence-corrected chi connectivity index (χ4v) is 1.35. The minimum Gasteiger partial charge on any atom is -0.466 e. The Kier molecular flexibility index (Phi) is 18.5. The lowest BCUT2D eigenvalue weighted by atomic mass is 9.99. The van der Waals surface area contributed by atoms with Gasteiger partial charge < -0.3 is 23.9 Å². The van der Waals surface area contributed by atoms with E-state index in [2.05, 4.69) is 4.74 Å². The molecule has 13 heteroatoms. The normalized spacial score (nSPS) is 12.3. The van der Waals surface area contributed by atoms with Crippen molar-refractivity contribution in [3.63, 3.8) is 0 Å². The van der Waals surface area contributed by atoms with Crippen molar-refractivity contribution < 1.29 is 59.4 Å². The van der Waals surface area contributed by atoms with Crippen molar-refractivity contribution in [1.29, 1.82) is 0 Å². The Hall–Kier alpha value is -2.34. The molecule has 1 atom stereocenters. The molecule has 0 heterocycles. The van der Waals surface area contributed by atoms with Crippen LogP contribution in [0.5, 0.6) is 0 Å². The van der Waals surface area contributed by atoms with Crippen LogP contribution in [0, 0.1) is 11.8 Å². The van der Waals surface area contributed by atoms with E-state index in [1.807, 2.05) is 13.8 Å². The van der Waals surface area contributed by atoms with Crippen LogP contribution in [0.25, 0.3) is 0 Å². The van der Waals surface area contributed by atoms with Crippen LogP contribution in [0.15, 0.2) is 0 Å². The predicted octanol–water partition coefficient (Wildman–Crippen LogP) is 4.37. The molecule has 0 radical (unpaired) electrons. The molecule has 0 spiro atoms. The molecule has 0 saturated heterocycles. The molecule has 0 saturated carbocycles. The van der Waals surface area contributed by atoms with Crippen LogP contribution in [0.1, 0.15) is 52.9 Å². The van der Waals surface area contributed by atoms with E-state index in [9.17, 15) is 54.7 Å². The van der Waals surface area contributed by atoms with Gasteiger partial charge in [0.15, 0.2) is 0 Å². The molecule has 32 heavy (non-hydrogen) atoms. The Bertz CT molecular complexity index is 563. The standard InChI is InChI=1S/C8H12O4.C6H5F7O.C5H10O/c9-5-1-2-7-12-8(11)4-3-6-10;1-3(2-14)4(7,8)5(9,10)6(11,12)13;1-5(2)3-4-6/h5-6H,1-4,7H2;2-3H,1H3;4-5H,3H2,1-2H3/i5+1;;. The molecule has 0 aromatic heterocycles. The Morgan fingerprint density at radius 2 is 1.34 bits per heavy atom. The quantitative estimate of drug-likeness (QED) is 0.134. The molecule has 6 nitrogen and oxygen atoms in total. The number of hydrogen-bond donors (Lipinski definition) is 0. The van der Waals surface area contributed by atoms with Gasteiger partial charge in [0, 0.05) is 19.3 Å². The van der Waals surface area contributed by atoms with Crippen LogP contribution in [0.3, 0.4) is 0 Å². The zero-order valence-corrected chi connectivity index (χ0v) is 17.8. The van der Waals surface area contributed by atoms with Crippen molar-refractivity contribution in [2.45, 2.75) is 70.9 Å². The molecule has 0 aromatic rings. The van der Waals surface area contributed by atoms with Crippen LogP contribution < -0.4 is 0 Å². The van der Waals surface area contributed by atoms with Gasteiger partial charge >= 0.3 is 24.0 Å². The van der Waals surface area contributed by atoms with Gasteiger partial charge in [-0.25, -0.2) is 0 Å². The van der Waals surface area contributed by atoms with Gasteiger partial charge in [-0.2, -0.15) is 30.7 Å². The van der Waals surface area contributed by atoms with E-state index in [-0.39, 0.29) is 32.3 Å². The molecule has 0 aliphatic rings. The van der Waals surface area contributed by atoms with Crippen molar-refractivity contribution in [3.8, 4) is 0 Å². The summed E-state index contributed by atoms with van der Waals surface area (Å²) in [6.07, 6.45) is -2.65. The van der Waals surface area contributed by atoms with Gasteiger partial charge in [-0.3, -0.25) is 4.79 Å². The Morgan fingerprint density at radius 1 is 0.844 bits per heavy atom. The second-order valence-electron chi connectivity index (χ2n) is 6.65. The van der Waals surface area contributed by atoms with Crippen molar-refractivity contribution in [1.82, 2.24) is 0 Å². The minimum atomic E-state index is -6.38. The van der Waals surface area contributed by atoms with E-state index in [0.29, 0.717) is 31.5 Å². The van der Waals surface area contributed by atoms with Gasteiger partial charge in [0.1, 0.15) is 25.1 Å². The number of aldehydes is 4. The van der Waals surface area contributed by atoms with Crippen molar-refractivity contribution in [3.05, 3.63) is 0 Å². The number of hydrogen-bond acceptors (Lipinski definition) is 6. The first-order valence-corrected chi connectivity index (χ1v) is 9.30. The van der Waals surface area contributed by atoms with Crippen molar-refractivity contribution >= 4 is 31.1 Å². The van der Waals surface area contributed by atoms with Gasteiger partial charge in [-0.1, -0.05) is 13.8 Å². The highest BCUT2D eigenvalue weighted by molar-refractivity contribution is 5.72. The fraction of sp³-hybridized carbons (Fsp3) is 0.737. The molecular formula is C19H27F7O6. The Labute approximate surface area is 180 Å². The van der Waals surface area contributed by atoms with E-state index >= 15 is 0 Å². The van der Waals surface area contributed by atoms with Gasteiger partial charge in [-0.05, 0) is 19.3 Å². The maximum absolute atomic E-state index is 12.4. The van der Waals surface area contributed by atoms with E-state index in [1.54, 1.807) is 0 Å². The summed E-state index contributed by atoms with van der Waals surface area (Å²) >= 11 is 0. The van der Waals surface area contributed by atoms with Gasteiger partial charge in [-0.15, -0.1) is 0 Å². The second-order valence-corrected chi connectivity index (χ2v) is 6.65. The number of esters is 1. The third kappa shape index (κ3) is 14.6. The van der Waals surface area contributed by atoms with E-state index < -0.39 is 30.2 Å². The lowest BCUT2D eigenvalue weighted by molar-refractivity contribution is -0.361. The number of rotatable bonds is 12. The Balaban J connectivity index is -0.000000425. The van der Waals surface area contributed by atoms with Crippen LogP contribution in [0.2, 0.25) is 0 Å². The lowest BCUT2D eigenvalue weighted by Crippen LogP contribution is -2.55. The summed E-state index contributed by atoms with van der Waals surface area (Å²) in [6.45, 7) is 4.59. The van der Waals surface area contributed by atoms with Crippen LogP contribution in [0.4, 0.5) is 30.7 Å². The zero-order chi connectivity index (χ0) is 26.0. The molecule has 0 N–H and O–H groups in total. The summed E-state index contributed by atoms with van der Waals surface area (Å²) < 4.78 is 88.1. The number of carbonyl (C=O) groups is 5. The van der Waals surface area contributed by atoms with Crippen molar-refractivity contribution in [2.75, 3.05) is 6.61 Å². The first-order chi connectivity index (χ1) is 14.6. The summed E-state index contributed by atoms with van der Waals surface area (Å²) in [5, 5.41) is 0. The van der Waals surface area contributed by atoms with Gasteiger partial charge in [0.2, 0.25) is 0 Å². The summed E-state index contributed by atoms with van der Waals surface area (Å²) in [5.74, 6) is -14.2. The molecule has 0 bridgehead atoms. The molecule has 188 valence electrons. The molecular weight excluding hydrogens is 458 g/mol. The smallest absolute Gasteiger partial charge is 0.459 e. The first kappa shape index (κ1) is 34.3. The van der Waals surface area contributed by atoms with Crippen LogP contribution >= 0.6 is 0 Å². The molecule has 0 fully saturated rings. The first-order valence-electron chi connectivity index (χ1n) is 9.30. The number of unbranched alkanes of at least 4 members (excludes halogenated alkanes) is 1. The zero-order valence-electron chi connectivity index (χ0n) is 17.8. The molecule has 1 unspecified atom stereocenters. The van der Waals surface area contributed by atoms with E-state index in [1.165, 1.54) is 0 Å². The molecule has 0 aliphatic carbocycles. The average Bonchev–Trinajstić information content (AvgIpc) is 2.68. The average molecular weight is 485 g/mol. The molecule has 0 aliphatic heterocycles. The number of halogens is 7. The molecule has 0 amide bonds. The highest BCUT2D eigenvalue weighted by Crippen LogP contribution is 2.49. The number of carbonyl (C=O) groups excluding carboxylic acids is 5. The fourth-order valence-electron chi connectivity index (χ4n) is 1.35. The van der Waals surface area contributed by atoms with Gasteiger partial charge in [0.25, 0.3) is 0 Å². The van der Waals surface area contributed by atoms with Gasteiger partial charge in [0.05, 0.1) is 18.9 Å². The summed E-state index contributed by atoms with van der Waals surface area (Å²) in [7, 11) is 0. The SMILES string of the molecule is CC(C)CC=O.CC(C=O)C(F)(F)C(F)(F)C(F)(F)F.O=CCCC(=O)OCCC[13CH]=O. The summed E-state index contributed by atoms with van der Waals surface area (Å²) in [6, 6.07) is 0. The maximum atomic E-state index is 12.4. The number of alkyl halides is 7. The summed E-state index contributed by atoms with van der Waals surface area (Å²) in [5.41, 5.74) is 0. The lowest BCUT2D eigenvalue weighted by Gasteiger charge is -2.29. The highest BCUT2D eigenvalue weighted by atomic mass is 19.4. The minimum absolute atomic E-state index is 0.130. The topological polar surface area (TPSA) is 94.6 Å². The van der Waals surface area contributed by atoms with E-state index in [4.69, 9.17) is 0 Å². The van der Waals surface area contributed by atoms with Crippen LogP contribution in [-0.2, 0) is 28.7 Å². The monoisotopic (exact) mass is 485 g/mol.